The molecule has 2 aromatic rings. The third kappa shape index (κ3) is 3.06. The first-order valence-corrected chi connectivity index (χ1v) is 8.62. The molecule has 118 valence electrons. The lowest BCUT2D eigenvalue weighted by Crippen LogP contribution is -2.29. The van der Waals surface area contributed by atoms with Crippen molar-refractivity contribution < 1.29 is 4.79 Å². The van der Waals surface area contributed by atoms with Gasteiger partial charge in [0.15, 0.2) is 0 Å². The number of aromatic nitrogens is 3. The van der Waals surface area contributed by atoms with Crippen molar-refractivity contribution in [2.24, 2.45) is 0 Å². The zero-order chi connectivity index (χ0) is 15.7. The van der Waals surface area contributed by atoms with E-state index in [0.29, 0.717) is 12.5 Å². The van der Waals surface area contributed by atoms with E-state index in [0.717, 1.165) is 37.3 Å². The Labute approximate surface area is 135 Å². The first kappa shape index (κ1) is 15.2. The lowest BCUT2D eigenvalue weighted by molar-refractivity contribution is -0.130. The fourth-order valence-electron chi connectivity index (χ4n) is 3.13. The molecule has 0 radical (unpaired) electrons. The van der Waals surface area contributed by atoms with Crippen molar-refractivity contribution in [3.63, 3.8) is 0 Å². The SMILES string of the molecule is Cc1cc(C)n([C@H]2CCN(C(=O)CCc3scnc3C)C2)n1. The van der Waals surface area contributed by atoms with Crippen molar-refractivity contribution in [3.05, 3.63) is 33.5 Å². The van der Waals surface area contributed by atoms with Crippen molar-refractivity contribution >= 4 is 17.2 Å². The van der Waals surface area contributed by atoms with Gasteiger partial charge in [-0.25, -0.2) is 4.98 Å². The van der Waals surface area contributed by atoms with Crippen LogP contribution in [-0.2, 0) is 11.2 Å². The molecule has 1 fully saturated rings. The Morgan fingerprint density at radius 3 is 2.86 bits per heavy atom. The van der Waals surface area contributed by atoms with Crippen molar-refractivity contribution in [1.82, 2.24) is 19.7 Å². The average Bonchev–Trinajstić information content (AvgIpc) is 3.17. The summed E-state index contributed by atoms with van der Waals surface area (Å²) in [5.74, 6) is 0.247. The van der Waals surface area contributed by atoms with Crippen LogP contribution in [0.25, 0.3) is 0 Å². The van der Waals surface area contributed by atoms with Crippen molar-refractivity contribution in [1.29, 1.82) is 0 Å². The maximum absolute atomic E-state index is 12.4. The Morgan fingerprint density at radius 2 is 2.23 bits per heavy atom. The van der Waals surface area contributed by atoms with Crippen LogP contribution in [0.1, 0.15) is 40.8 Å². The molecule has 5 nitrogen and oxygen atoms in total. The summed E-state index contributed by atoms with van der Waals surface area (Å²) in [6.07, 6.45) is 2.37. The van der Waals surface area contributed by atoms with Crippen LogP contribution in [0.2, 0.25) is 0 Å². The van der Waals surface area contributed by atoms with Crippen LogP contribution < -0.4 is 0 Å². The summed E-state index contributed by atoms with van der Waals surface area (Å²) in [5, 5.41) is 4.56. The Morgan fingerprint density at radius 1 is 1.41 bits per heavy atom. The summed E-state index contributed by atoms with van der Waals surface area (Å²) in [6.45, 7) is 7.72. The number of nitrogens with zero attached hydrogens (tertiary/aromatic N) is 4. The zero-order valence-corrected chi connectivity index (χ0v) is 14.2. The van der Waals surface area contributed by atoms with Crippen LogP contribution in [0.3, 0.4) is 0 Å². The van der Waals surface area contributed by atoms with E-state index in [9.17, 15) is 4.79 Å². The minimum atomic E-state index is 0.247. The van der Waals surface area contributed by atoms with Gasteiger partial charge >= 0.3 is 0 Å². The van der Waals surface area contributed by atoms with Gasteiger partial charge in [0.2, 0.25) is 5.91 Å². The number of amides is 1. The highest BCUT2D eigenvalue weighted by Gasteiger charge is 2.28. The molecule has 3 rings (SSSR count). The predicted octanol–water partition coefficient (Wildman–Crippen LogP) is 2.67. The first-order chi connectivity index (χ1) is 10.5. The topological polar surface area (TPSA) is 51.0 Å². The maximum Gasteiger partial charge on any atom is 0.223 e. The Hall–Kier alpha value is -1.69. The van der Waals surface area contributed by atoms with E-state index in [2.05, 4.69) is 27.8 Å². The molecule has 0 aliphatic carbocycles. The first-order valence-electron chi connectivity index (χ1n) is 7.74. The minimum absolute atomic E-state index is 0.247. The molecule has 1 aliphatic rings. The fraction of sp³-hybridized carbons (Fsp3) is 0.562. The third-order valence-corrected chi connectivity index (χ3v) is 5.31. The van der Waals surface area contributed by atoms with E-state index in [1.54, 1.807) is 11.3 Å². The minimum Gasteiger partial charge on any atom is -0.340 e. The van der Waals surface area contributed by atoms with Gasteiger partial charge in [-0.2, -0.15) is 5.10 Å². The van der Waals surface area contributed by atoms with Gasteiger partial charge in [0.1, 0.15) is 0 Å². The highest BCUT2D eigenvalue weighted by atomic mass is 32.1. The summed E-state index contributed by atoms with van der Waals surface area (Å²) in [4.78, 5) is 19.8. The second-order valence-electron chi connectivity index (χ2n) is 6.01. The highest BCUT2D eigenvalue weighted by molar-refractivity contribution is 7.09. The molecule has 0 aromatic carbocycles. The molecule has 3 heterocycles. The van der Waals surface area contributed by atoms with E-state index in [1.165, 1.54) is 10.6 Å². The van der Waals surface area contributed by atoms with Crippen LogP contribution in [0.5, 0.6) is 0 Å². The number of aryl methyl sites for hydroxylation is 4. The molecule has 1 atom stereocenters. The Balaban J connectivity index is 1.57. The van der Waals surface area contributed by atoms with Gasteiger partial charge in [0.05, 0.1) is 22.9 Å². The summed E-state index contributed by atoms with van der Waals surface area (Å²) >= 11 is 1.64. The predicted molar refractivity (Wildman–Crippen MR) is 87.1 cm³/mol. The lowest BCUT2D eigenvalue weighted by atomic mass is 10.2. The highest BCUT2D eigenvalue weighted by Crippen LogP contribution is 2.24. The summed E-state index contributed by atoms with van der Waals surface area (Å²) in [7, 11) is 0. The molecule has 0 bridgehead atoms. The molecule has 0 N–H and O–H groups in total. The molecule has 0 spiro atoms. The normalized spacial score (nSPS) is 18.1. The van der Waals surface area contributed by atoms with Gasteiger partial charge in [-0.3, -0.25) is 9.48 Å². The van der Waals surface area contributed by atoms with Crippen LogP contribution in [-0.4, -0.2) is 38.7 Å². The molecule has 1 amide bonds. The summed E-state index contributed by atoms with van der Waals surface area (Å²) in [5.41, 5.74) is 5.13. The number of carbonyl (C=O) groups excluding carboxylic acids is 1. The molecule has 1 aliphatic heterocycles. The standard InChI is InChI=1S/C16H22N4OS/c1-11-8-12(2)20(18-11)14-6-7-19(9-14)16(21)5-4-15-13(3)17-10-22-15/h8,10,14H,4-7,9H2,1-3H3/t14-/m0/s1. The van der Waals surface area contributed by atoms with Crippen molar-refractivity contribution in [2.75, 3.05) is 13.1 Å². The van der Waals surface area contributed by atoms with Crippen LogP contribution in [0.4, 0.5) is 0 Å². The van der Waals surface area contributed by atoms with E-state index in [4.69, 9.17) is 0 Å². The maximum atomic E-state index is 12.4. The molecule has 6 heteroatoms. The monoisotopic (exact) mass is 318 g/mol. The zero-order valence-electron chi connectivity index (χ0n) is 13.4. The number of carbonyl (C=O) groups is 1. The fourth-order valence-corrected chi connectivity index (χ4v) is 3.91. The smallest absolute Gasteiger partial charge is 0.223 e. The van der Waals surface area contributed by atoms with Gasteiger partial charge in [-0.15, -0.1) is 11.3 Å². The molecule has 0 unspecified atom stereocenters. The summed E-state index contributed by atoms with van der Waals surface area (Å²) in [6, 6.07) is 2.42. The Bertz CT molecular complexity index is 675. The molecule has 2 aromatic heterocycles. The van der Waals surface area contributed by atoms with Gasteiger partial charge in [-0.05, 0) is 39.7 Å². The quantitative estimate of drug-likeness (QED) is 0.871. The molecule has 0 saturated carbocycles. The van der Waals surface area contributed by atoms with Gasteiger partial charge in [-0.1, -0.05) is 0 Å². The number of thiazole rings is 1. The molecular weight excluding hydrogens is 296 g/mol. The summed E-state index contributed by atoms with van der Waals surface area (Å²) < 4.78 is 2.08. The van der Waals surface area contributed by atoms with E-state index in [1.807, 2.05) is 24.3 Å². The van der Waals surface area contributed by atoms with E-state index in [-0.39, 0.29) is 5.91 Å². The van der Waals surface area contributed by atoms with Gasteiger partial charge in [0, 0.05) is 30.1 Å². The third-order valence-electron chi connectivity index (χ3n) is 4.32. The number of hydrogen-bond donors (Lipinski definition) is 0. The largest absolute Gasteiger partial charge is 0.340 e. The number of hydrogen-bond acceptors (Lipinski definition) is 4. The van der Waals surface area contributed by atoms with Crippen LogP contribution >= 0.6 is 11.3 Å². The molecular formula is C16H22N4OS. The van der Waals surface area contributed by atoms with Crippen LogP contribution in [0, 0.1) is 20.8 Å². The molecule has 1 saturated heterocycles. The number of likely N-dealkylation sites (tertiary alicyclic amines) is 1. The second-order valence-corrected chi connectivity index (χ2v) is 6.95. The van der Waals surface area contributed by atoms with Crippen molar-refractivity contribution in [2.45, 2.75) is 46.1 Å². The van der Waals surface area contributed by atoms with Crippen LogP contribution in [0.15, 0.2) is 11.6 Å². The second kappa shape index (κ2) is 6.20. The Kier molecular flexibility index (Phi) is 4.29. The van der Waals surface area contributed by atoms with E-state index < -0.39 is 0 Å². The number of rotatable bonds is 4. The van der Waals surface area contributed by atoms with Gasteiger partial charge in [0.25, 0.3) is 0 Å². The average molecular weight is 318 g/mol. The lowest BCUT2D eigenvalue weighted by Gasteiger charge is -2.17. The van der Waals surface area contributed by atoms with Gasteiger partial charge < -0.3 is 4.90 Å². The van der Waals surface area contributed by atoms with Crippen molar-refractivity contribution in [3.8, 4) is 0 Å². The van der Waals surface area contributed by atoms with E-state index >= 15 is 0 Å². The molecule has 22 heavy (non-hydrogen) atoms.